The van der Waals surface area contributed by atoms with Crippen LogP contribution in [0, 0.1) is 0 Å². The minimum absolute atomic E-state index is 0.760. The van der Waals surface area contributed by atoms with Crippen molar-refractivity contribution >= 4 is 0 Å². The van der Waals surface area contributed by atoms with E-state index in [4.69, 9.17) is 4.84 Å². The Hall–Kier alpha value is -0.0800. The van der Waals surface area contributed by atoms with E-state index in [1.807, 2.05) is 0 Å². The van der Waals surface area contributed by atoms with E-state index >= 15 is 0 Å². The fourth-order valence-electron chi connectivity index (χ4n) is 2.09. The van der Waals surface area contributed by atoms with E-state index in [2.05, 4.69) is 5.06 Å². The molecule has 0 aliphatic carbocycles. The van der Waals surface area contributed by atoms with Gasteiger partial charge in [-0.25, -0.2) is 0 Å². The van der Waals surface area contributed by atoms with Crippen LogP contribution in [0.25, 0.3) is 0 Å². The molecule has 2 fully saturated rings. The molecule has 0 aromatic carbocycles. The third kappa shape index (κ3) is 1.74. The van der Waals surface area contributed by atoms with Crippen LogP contribution in [0.2, 0.25) is 0 Å². The van der Waals surface area contributed by atoms with E-state index in [-0.39, 0.29) is 0 Å². The maximum atomic E-state index is 5.53. The number of rotatable bonds is 0. The van der Waals surface area contributed by atoms with Gasteiger partial charge in [0.1, 0.15) is 0 Å². The topological polar surface area (TPSA) is 12.5 Å². The first-order valence-corrected chi connectivity index (χ1v) is 4.86. The summed E-state index contributed by atoms with van der Waals surface area (Å²) in [5.41, 5.74) is 0. The predicted molar refractivity (Wildman–Crippen MR) is 44.1 cm³/mol. The summed E-state index contributed by atoms with van der Waals surface area (Å²) in [6, 6.07) is 0.760. The Morgan fingerprint density at radius 2 is 1.91 bits per heavy atom. The molecule has 1 unspecified atom stereocenters. The van der Waals surface area contributed by atoms with Gasteiger partial charge in [0, 0.05) is 12.6 Å². The zero-order valence-corrected chi connectivity index (χ0v) is 7.09. The van der Waals surface area contributed by atoms with Crippen LogP contribution in [0.3, 0.4) is 0 Å². The van der Waals surface area contributed by atoms with Gasteiger partial charge in [-0.1, -0.05) is 19.3 Å². The van der Waals surface area contributed by atoms with Crippen molar-refractivity contribution in [2.24, 2.45) is 0 Å². The van der Waals surface area contributed by atoms with E-state index in [0.717, 1.165) is 12.6 Å². The molecule has 64 valence electrons. The van der Waals surface area contributed by atoms with Crippen molar-refractivity contribution in [1.82, 2.24) is 5.06 Å². The first-order chi connectivity index (χ1) is 5.47. The second kappa shape index (κ2) is 3.55. The molecular formula is C9H17NO. The molecule has 2 saturated heterocycles. The zero-order chi connectivity index (χ0) is 7.52. The quantitative estimate of drug-likeness (QED) is 0.530. The average molecular weight is 155 g/mol. The van der Waals surface area contributed by atoms with E-state index in [9.17, 15) is 0 Å². The van der Waals surface area contributed by atoms with Crippen LogP contribution in [0.5, 0.6) is 0 Å². The van der Waals surface area contributed by atoms with Crippen LogP contribution in [0.15, 0.2) is 0 Å². The first kappa shape index (κ1) is 7.56. The normalized spacial score (nSPS) is 34.4. The van der Waals surface area contributed by atoms with Crippen molar-refractivity contribution in [3.05, 3.63) is 0 Å². The minimum Gasteiger partial charge on any atom is -0.299 e. The van der Waals surface area contributed by atoms with Gasteiger partial charge in [0.2, 0.25) is 0 Å². The summed E-state index contributed by atoms with van der Waals surface area (Å²) < 4.78 is 0. The Labute approximate surface area is 68.5 Å². The molecule has 0 aromatic heterocycles. The lowest BCUT2D eigenvalue weighted by Crippen LogP contribution is -2.30. The van der Waals surface area contributed by atoms with E-state index in [1.165, 1.54) is 45.1 Å². The summed E-state index contributed by atoms with van der Waals surface area (Å²) in [6.45, 7) is 2.13. The first-order valence-electron chi connectivity index (χ1n) is 4.86. The monoisotopic (exact) mass is 155 g/mol. The molecule has 1 atom stereocenters. The molecule has 0 radical (unpaired) electrons. The van der Waals surface area contributed by atoms with Gasteiger partial charge in [0.25, 0.3) is 0 Å². The highest BCUT2D eigenvalue weighted by Crippen LogP contribution is 2.23. The van der Waals surface area contributed by atoms with Crippen LogP contribution < -0.4 is 0 Å². The lowest BCUT2D eigenvalue weighted by atomic mass is 10.0. The Kier molecular flexibility index (Phi) is 2.44. The summed E-state index contributed by atoms with van der Waals surface area (Å²) in [4.78, 5) is 5.53. The third-order valence-corrected chi connectivity index (χ3v) is 2.78. The molecule has 2 heterocycles. The number of hydroxylamine groups is 2. The second-order valence-electron chi connectivity index (χ2n) is 3.62. The second-order valence-corrected chi connectivity index (χ2v) is 3.62. The number of hydrogen-bond donors (Lipinski definition) is 0. The van der Waals surface area contributed by atoms with Gasteiger partial charge in [0.05, 0.1) is 6.61 Å². The Morgan fingerprint density at radius 1 is 1.00 bits per heavy atom. The lowest BCUT2D eigenvalue weighted by molar-refractivity contribution is -0.135. The number of fused-ring (bicyclic) bond motifs is 1. The molecule has 2 nitrogen and oxygen atoms in total. The van der Waals surface area contributed by atoms with Gasteiger partial charge in [-0.3, -0.25) is 4.84 Å². The molecule has 2 heteroatoms. The molecule has 0 spiro atoms. The van der Waals surface area contributed by atoms with Crippen LogP contribution in [0.4, 0.5) is 0 Å². The van der Waals surface area contributed by atoms with Crippen LogP contribution in [-0.4, -0.2) is 24.3 Å². The summed E-state index contributed by atoms with van der Waals surface area (Å²) >= 11 is 0. The van der Waals surface area contributed by atoms with Gasteiger partial charge in [-0.2, -0.15) is 5.06 Å². The van der Waals surface area contributed by atoms with Crippen molar-refractivity contribution in [2.45, 2.75) is 44.6 Å². The van der Waals surface area contributed by atoms with Crippen molar-refractivity contribution in [2.75, 3.05) is 13.2 Å². The molecule has 0 bridgehead atoms. The van der Waals surface area contributed by atoms with Gasteiger partial charge < -0.3 is 0 Å². The molecule has 0 N–H and O–H groups in total. The van der Waals surface area contributed by atoms with Crippen LogP contribution >= 0.6 is 0 Å². The smallest absolute Gasteiger partial charge is 0.0701 e. The van der Waals surface area contributed by atoms with E-state index in [0.29, 0.717) is 0 Å². The third-order valence-electron chi connectivity index (χ3n) is 2.78. The Bertz CT molecular complexity index is 113. The maximum Gasteiger partial charge on any atom is 0.0701 e. The van der Waals surface area contributed by atoms with Crippen molar-refractivity contribution in [3.63, 3.8) is 0 Å². The van der Waals surface area contributed by atoms with Gasteiger partial charge in [-0.15, -0.1) is 0 Å². The fourth-order valence-corrected chi connectivity index (χ4v) is 2.09. The summed E-state index contributed by atoms with van der Waals surface area (Å²) in [7, 11) is 0. The number of nitrogens with zero attached hydrogens (tertiary/aromatic N) is 1. The zero-order valence-electron chi connectivity index (χ0n) is 7.09. The minimum atomic E-state index is 0.760. The molecule has 0 amide bonds. The summed E-state index contributed by atoms with van der Waals surface area (Å²) in [6.07, 6.45) is 8.19. The standard InChI is InChI=1S/C9H17NO/c1-2-4-7-10-9(5-3-1)6-8-11-10/h9H,1-8H2. The van der Waals surface area contributed by atoms with Crippen LogP contribution in [0.1, 0.15) is 38.5 Å². The maximum absolute atomic E-state index is 5.53. The van der Waals surface area contributed by atoms with Gasteiger partial charge in [0.15, 0.2) is 0 Å². The molecule has 11 heavy (non-hydrogen) atoms. The Morgan fingerprint density at radius 3 is 2.91 bits per heavy atom. The molecule has 0 saturated carbocycles. The molecule has 2 aliphatic heterocycles. The highest BCUT2D eigenvalue weighted by atomic mass is 16.7. The fraction of sp³-hybridized carbons (Fsp3) is 1.00. The average Bonchev–Trinajstić information content (AvgIpc) is 2.35. The molecule has 2 rings (SSSR count). The highest BCUT2D eigenvalue weighted by molar-refractivity contribution is 4.72. The lowest BCUT2D eigenvalue weighted by Gasteiger charge is -2.24. The largest absolute Gasteiger partial charge is 0.299 e. The van der Waals surface area contributed by atoms with E-state index in [1.54, 1.807) is 0 Å². The van der Waals surface area contributed by atoms with Crippen LogP contribution in [-0.2, 0) is 4.84 Å². The van der Waals surface area contributed by atoms with Crippen molar-refractivity contribution in [1.29, 1.82) is 0 Å². The van der Waals surface area contributed by atoms with Gasteiger partial charge >= 0.3 is 0 Å². The van der Waals surface area contributed by atoms with Crippen molar-refractivity contribution in [3.8, 4) is 0 Å². The number of hydrogen-bond acceptors (Lipinski definition) is 2. The summed E-state index contributed by atoms with van der Waals surface area (Å²) in [5, 5.41) is 2.22. The predicted octanol–water partition coefficient (Wildman–Crippen LogP) is 1.96. The SMILES string of the molecule is C1CCCN2OCCC2CC1. The Balaban J connectivity index is 1.89. The van der Waals surface area contributed by atoms with E-state index < -0.39 is 0 Å². The van der Waals surface area contributed by atoms with Gasteiger partial charge in [-0.05, 0) is 19.3 Å². The summed E-state index contributed by atoms with van der Waals surface area (Å²) in [5.74, 6) is 0. The highest BCUT2D eigenvalue weighted by Gasteiger charge is 2.25. The molecule has 2 aliphatic rings. The van der Waals surface area contributed by atoms with Crippen molar-refractivity contribution < 1.29 is 4.84 Å². The molecule has 0 aromatic rings. The molecular weight excluding hydrogens is 138 g/mol.